The lowest BCUT2D eigenvalue weighted by Crippen LogP contribution is -2.43. The highest BCUT2D eigenvalue weighted by Gasteiger charge is 2.23. The van der Waals surface area contributed by atoms with Gasteiger partial charge in [0.25, 0.3) is 5.91 Å². The number of rotatable bonds is 9. The molecule has 0 saturated heterocycles. The van der Waals surface area contributed by atoms with Gasteiger partial charge in [-0.3, -0.25) is 4.79 Å². The van der Waals surface area contributed by atoms with Crippen molar-refractivity contribution in [3.8, 4) is 5.75 Å². The molecule has 1 aromatic carbocycles. The lowest BCUT2D eigenvalue weighted by Gasteiger charge is -2.28. The Hall–Kier alpha value is -3.27. The van der Waals surface area contributed by atoms with E-state index >= 15 is 0 Å². The fraction of sp³-hybridized carbons (Fsp3) is 0.444. The number of aliphatic hydroxyl groups excluding tert-OH is 2. The van der Waals surface area contributed by atoms with Gasteiger partial charge in [0.2, 0.25) is 0 Å². The quantitative estimate of drug-likeness (QED) is 0.304. The number of aromatic hydroxyl groups is 1. The van der Waals surface area contributed by atoms with Gasteiger partial charge in [0.05, 0.1) is 24.4 Å². The highest BCUT2D eigenvalue weighted by Crippen LogP contribution is 2.23. The molecule has 2 aromatic heterocycles. The molecule has 0 aliphatic carbocycles. The van der Waals surface area contributed by atoms with E-state index in [0.29, 0.717) is 17.9 Å². The zero-order valence-electron chi connectivity index (χ0n) is 21.6. The number of benzene rings is 1. The van der Waals surface area contributed by atoms with E-state index < -0.39 is 12.7 Å². The van der Waals surface area contributed by atoms with E-state index in [0.717, 1.165) is 16.8 Å². The van der Waals surface area contributed by atoms with Crippen LogP contribution in [0.3, 0.4) is 0 Å². The monoisotopic (exact) mass is 495 g/mol. The summed E-state index contributed by atoms with van der Waals surface area (Å²) >= 11 is 0. The normalized spacial score (nSPS) is 13.1. The first-order valence-corrected chi connectivity index (χ1v) is 12.0. The molecule has 0 spiro atoms. The number of carbonyl (C=O) groups is 1. The molecule has 36 heavy (non-hydrogen) atoms. The summed E-state index contributed by atoms with van der Waals surface area (Å²) in [5.74, 6) is 0.0356. The summed E-state index contributed by atoms with van der Waals surface area (Å²) in [4.78, 5) is 17.0. The topological polar surface area (TPSA) is 147 Å². The van der Waals surface area contributed by atoms with Gasteiger partial charge >= 0.3 is 0 Å². The molecule has 6 N–H and O–H groups in total. The molecule has 0 radical (unpaired) electrons. The van der Waals surface area contributed by atoms with Crippen molar-refractivity contribution < 1.29 is 20.1 Å². The first-order valence-electron chi connectivity index (χ1n) is 12.0. The van der Waals surface area contributed by atoms with E-state index in [1.807, 2.05) is 58.9 Å². The Kier molecular flexibility index (Phi) is 8.18. The van der Waals surface area contributed by atoms with Gasteiger partial charge in [0, 0.05) is 23.6 Å². The minimum atomic E-state index is -0.906. The molecule has 0 saturated carbocycles. The molecule has 3 rings (SSSR count). The number of aliphatic hydroxyl groups is 2. The fourth-order valence-electron chi connectivity index (χ4n) is 3.92. The van der Waals surface area contributed by atoms with Crippen LogP contribution in [0.5, 0.6) is 5.75 Å². The van der Waals surface area contributed by atoms with Crippen molar-refractivity contribution in [1.82, 2.24) is 20.1 Å². The third-order valence-corrected chi connectivity index (χ3v) is 5.97. The van der Waals surface area contributed by atoms with Crippen LogP contribution in [0.15, 0.2) is 42.5 Å². The highest BCUT2D eigenvalue weighted by atomic mass is 16.3. The van der Waals surface area contributed by atoms with Crippen molar-refractivity contribution in [1.29, 1.82) is 0 Å². The molecule has 3 aromatic rings. The fourth-order valence-corrected chi connectivity index (χ4v) is 3.92. The molecule has 9 heteroatoms. The number of aromatic nitrogens is 3. The third kappa shape index (κ3) is 6.90. The van der Waals surface area contributed by atoms with Crippen LogP contribution >= 0.6 is 0 Å². The Labute approximate surface area is 212 Å². The van der Waals surface area contributed by atoms with E-state index in [1.165, 1.54) is 16.8 Å². The summed E-state index contributed by atoms with van der Waals surface area (Å²) in [5.41, 5.74) is 8.66. The molecular formula is C27H37N5O4. The van der Waals surface area contributed by atoms with Crippen molar-refractivity contribution in [3.05, 3.63) is 70.7 Å². The van der Waals surface area contributed by atoms with Gasteiger partial charge in [-0.25, -0.2) is 4.98 Å². The molecule has 0 aliphatic heterocycles. The zero-order chi connectivity index (χ0) is 26.7. The second kappa shape index (κ2) is 10.8. The zero-order valence-corrected chi connectivity index (χ0v) is 21.6. The molecular weight excluding hydrogens is 458 g/mol. The Balaban J connectivity index is 1.63. The second-order valence-corrected chi connectivity index (χ2v) is 10.8. The van der Waals surface area contributed by atoms with E-state index in [-0.39, 0.29) is 41.3 Å². The van der Waals surface area contributed by atoms with E-state index in [4.69, 9.17) is 5.73 Å². The third-order valence-electron chi connectivity index (χ3n) is 5.97. The van der Waals surface area contributed by atoms with Crippen molar-refractivity contribution in [2.75, 3.05) is 12.3 Å². The number of carbonyl (C=O) groups excluding carboxylic acids is 1. The maximum Gasteiger partial charge on any atom is 0.253 e. The van der Waals surface area contributed by atoms with Crippen molar-refractivity contribution in [3.63, 3.8) is 0 Å². The van der Waals surface area contributed by atoms with Gasteiger partial charge in [-0.1, -0.05) is 45.0 Å². The average Bonchev–Trinajstić information content (AvgIpc) is 3.20. The van der Waals surface area contributed by atoms with Gasteiger partial charge in [-0.15, -0.1) is 0 Å². The molecule has 2 heterocycles. The van der Waals surface area contributed by atoms with Gasteiger partial charge in [0.1, 0.15) is 23.4 Å². The van der Waals surface area contributed by atoms with Gasteiger partial charge < -0.3 is 26.4 Å². The molecule has 0 amide bonds. The summed E-state index contributed by atoms with van der Waals surface area (Å²) in [7, 11) is 0. The molecule has 0 fully saturated rings. The van der Waals surface area contributed by atoms with Crippen molar-refractivity contribution in [2.24, 2.45) is 0 Å². The largest absolute Gasteiger partial charge is 0.506 e. The molecule has 0 bridgehead atoms. The standard InChI is InChI=1S/C27H37N5O4/c1-26(2,3)23-13-24(28)32(31-23)25(36)12-17-7-6-8-18(11-17)14-27(4,5)29-15-22(35)19-9-10-21(34)20(16-33)30-19/h6-11,13,22,29,33-35H,12,14-16,28H2,1-5H3. The summed E-state index contributed by atoms with van der Waals surface area (Å²) in [6.07, 6.45) is -0.0722. The molecule has 1 atom stereocenters. The van der Waals surface area contributed by atoms with Gasteiger partial charge in [0.15, 0.2) is 0 Å². The van der Waals surface area contributed by atoms with E-state index in [9.17, 15) is 20.1 Å². The number of anilines is 1. The lowest BCUT2D eigenvalue weighted by molar-refractivity contribution is 0.0900. The number of nitrogens with two attached hydrogens (primary N) is 1. The Morgan fingerprint density at radius 2 is 1.81 bits per heavy atom. The van der Waals surface area contributed by atoms with Gasteiger partial charge in [-0.05, 0) is 43.5 Å². The van der Waals surface area contributed by atoms with Crippen molar-refractivity contribution in [2.45, 2.75) is 71.1 Å². The maximum atomic E-state index is 12.9. The summed E-state index contributed by atoms with van der Waals surface area (Å²) in [6, 6.07) is 12.5. The van der Waals surface area contributed by atoms with Crippen LogP contribution in [0.4, 0.5) is 5.82 Å². The smallest absolute Gasteiger partial charge is 0.253 e. The first-order chi connectivity index (χ1) is 16.8. The molecule has 9 nitrogen and oxygen atoms in total. The number of nitrogen functional groups attached to an aromatic ring is 1. The molecule has 0 aliphatic rings. The number of β-amino-alcohol motifs (C(OH)–C–C–N with tert-alkyl or cyclic N) is 1. The van der Waals surface area contributed by atoms with Crippen LogP contribution in [0, 0.1) is 0 Å². The maximum absolute atomic E-state index is 12.9. The highest BCUT2D eigenvalue weighted by molar-refractivity contribution is 5.83. The first kappa shape index (κ1) is 27.3. The van der Waals surface area contributed by atoms with Crippen LogP contribution in [0.1, 0.15) is 73.7 Å². The van der Waals surface area contributed by atoms with E-state index in [2.05, 4.69) is 15.4 Å². The van der Waals surface area contributed by atoms with Crippen LogP contribution < -0.4 is 11.1 Å². The summed E-state index contributed by atoms with van der Waals surface area (Å²) in [6.45, 7) is 9.95. The van der Waals surface area contributed by atoms with Crippen LogP contribution in [0.2, 0.25) is 0 Å². The predicted molar refractivity (Wildman–Crippen MR) is 139 cm³/mol. The molecule has 194 valence electrons. The Bertz CT molecular complexity index is 1210. The van der Waals surface area contributed by atoms with Gasteiger partial charge in [-0.2, -0.15) is 9.78 Å². The Morgan fingerprint density at radius 3 is 2.44 bits per heavy atom. The van der Waals surface area contributed by atoms with Crippen LogP contribution in [0.25, 0.3) is 0 Å². The molecule has 1 unspecified atom stereocenters. The minimum Gasteiger partial charge on any atom is -0.506 e. The van der Waals surface area contributed by atoms with Crippen LogP contribution in [-0.2, 0) is 24.9 Å². The Morgan fingerprint density at radius 1 is 1.11 bits per heavy atom. The number of hydrogen-bond acceptors (Lipinski definition) is 8. The summed E-state index contributed by atoms with van der Waals surface area (Å²) in [5, 5.41) is 37.3. The van der Waals surface area contributed by atoms with E-state index in [1.54, 1.807) is 6.07 Å². The summed E-state index contributed by atoms with van der Waals surface area (Å²) < 4.78 is 1.28. The lowest BCUT2D eigenvalue weighted by atomic mass is 9.92. The number of nitrogens with zero attached hydrogens (tertiary/aromatic N) is 3. The van der Waals surface area contributed by atoms with Crippen LogP contribution in [-0.4, -0.2) is 48.1 Å². The van der Waals surface area contributed by atoms with Crippen molar-refractivity contribution >= 4 is 11.7 Å². The second-order valence-electron chi connectivity index (χ2n) is 10.8. The minimum absolute atomic E-state index is 0.106. The number of pyridine rings is 1. The number of nitrogens with one attached hydrogen (secondary N) is 1. The average molecular weight is 496 g/mol. The number of hydrogen-bond donors (Lipinski definition) is 5. The predicted octanol–water partition coefficient (Wildman–Crippen LogP) is 2.88. The SMILES string of the molecule is CC(C)(Cc1cccc(CC(=O)n2nc(C(C)(C)C)cc2N)c1)NCC(O)c1ccc(O)c(CO)n1.